The summed E-state index contributed by atoms with van der Waals surface area (Å²) >= 11 is 0. The van der Waals surface area contributed by atoms with Gasteiger partial charge in [0.15, 0.2) is 11.4 Å². The number of aryl methyl sites for hydroxylation is 2. The summed E-state index contributed by atoms with van der Waals surface area (Å²) in [7, 11) is -1.30. The van der Waals surface area contributed by atoms with Crippen molar-refractivity contribution in [2.75, 3.05) is 6.54 Å². The van der Waals surface area contributed by atoms with Crippen LogP contribution in [0, 0.1) is 25.5 Å². The van der Waals surface area contributed by atoms with Gasteiger partial charge in [-0.25, -0.2) is 23.4 Å². The lowest BCUT2D eigenvalue weighted by molar-refractivity contribution is -0.192. The number of carboxylic acids is 1. The summed E-state index contributed by atoms with van der Waals surface area (Å²) in [6.45, 7) is 11.8. The zero-order chi connectivity index (χ0) is 34.3. The fourth-order valence-electron chi connectivity index (χ4n) is 4.38. The Bertz CT molecular complexity index is 1520. The minimum atomic E-state index is -5.08. The largest absolute Gasteiger partial charge is 0.490 e. The van der Waals surface area contributed by atoms with E-state index in [0.29, 0.717) is 17.8 Å². The van der Waals surface area contributed by atoms with Gasteiger partial charge in [-0.15, -0.1) is 0 Å². The van der Waals surface area contributed by atoms with Crippen LogP contribution in [0.2, 0.25) is 25.7 Å². The van der Waals surface area contributed by atoms with Crippen LogP contribution in [-0.4, -0.2) is 63.9 Å². The molecule has 0 aliphatic rings. The molecule has 10 nitrogen and oxygen atoms in total. The molecule has 0 saturated carbocycles. The van der Waals surface area contributed by atoms with Crippen LogP contribution >= 0.6 is 0 Å². The number of imidazole rings is 1. The predicted molar refractivity (Wildman–Crippen MR) is 158 cm³/mol. The fraction of sp³-hybridized carbons (Fsp3) is 0.448. The van der Waals surface area contributed by atoms with E-state index < -0.39 is 49.4 Å². The highest BCUT2D eigenvalue weighted by molar-refractivity contribution is 6.76. The smallest absolute Gasteiger partial charge is 0.485 e. The van der Waals surface area contributed by atoms with Gasteiger partial charge in [0.1, 0.15) is 23.9 Å². The molecule has 3 rings (SSSR count). The van der Waals surface area contributed by atoms with E-state index in [1.165, 1.54) is 6.07 Å². The number of ether oxygens (including phenoxy) is 1. The van der Waals surface area contributed by atoms with Crippen molar-refractivity contribution in [1.29, 1.82) is 0 Å². The highest BCUT2D eigenvalue weighted by Crippen LogP contribution is 2.26. The van der Waals surface area contributed by atoms with E-state index in [2.05, 4.69) is 35.3 Å². The average molecular weight is 661 g/mol. The molecule has 2 heterocycles. The van der Waals surface area contributed by atoms with Gasteiger partial charge < -0.3 is 25.6 Å². The van der Waals surface area contributed by atoms with Crippen molar-refractivity contribution in [3.05, 3.63) is 64.6 Å². The predicted octanol–water partition coefficient (Wildman–Crippen LogP) is 6.32. The van der Waals surface area contributed by atoms with Gasteiger partial charge >= 0.3 is 18.2 Å². The number of carboxylic acid groups (broad SMARTS) is 2. The zero-order valence-electron chi connectivity index (χ0n) is 25.7. The maximum absolute atomic E-state index is 14.1. The lowest BCUT2D eigenvalue weighted by atomic mass is 9.96. The Morgan fingerprint density at radius 2 is 1.64 bits per heavy atom. The van der Waals surface area contributed by atoms with Crippen LogP contribution in [0.5, 0.6) is 5.75 Å². The number of carbonyl (C=O) groups is 3. The second kappa shape index (κ2) is 14.7. The Morgan fingerprint density at radius 1 is 1.07 bits per heavy atom. The number of pyridine rings is 1. The molecule has 0 aliphatic carbocycles. The standard InChI is InChI=1S/C27H36F2N4O4Si.C2HF3O2/c1-17-13-22(37-15-19-20(28)9-7-10-21(19)29)24-31-18(2)23(33(24)14-17)25(34)30-16-27(3,32-26(35)36)11-8-12-38(4,5)6;3-2(4,5)1(6)7/h7,9-10,13-14,32H,8,11-12,15-16H2,1-6H3,(H,30,34)(H,35,36);(H,6,7). The van der Waals surface area contributed by atoms with E-state index >= 15 is 0 Å². The number of alkyl halides is 3. The SMILES string of the molecule is Cc1cc(OCc2c(F)cccc2F)c2nc(C)c(C(=O)NCC(C)(CCC[Si](C)(C)C)NC(=O)O)n2c1.O=C(O)C(F)(F)F. The van der Waals surface area contributed by atoms with Gasteiger partial charge in [-0.2, -0.15) is 13.2 Å². The summed E-state index contributed by atoms with van der Waals surface area (Å²) in [5.74, 6) is -4.33. The number of fused-ring (bicyclic) bond motifs is 1. The van der Waals surface area contributed by atoms with Crippen LogP contribution in [0.4, 0.5) is 26.7 Å². The Morgan fingerprint density at radius 3 is 2.16 bits per heavy atom. The molecule has 2 amide bonds. The first-order valence-electron chi connectivity index (χ1n) is 13.8. The quantitative estimate of drug-likeness (QED) is 0.139. The number of nitrogens with zero attached hydrogens (tertiary/aromatic N) is 2. The molecule has 2 aromatic heterocycles. The Balaban J connectivity index is 0.000000900. The molecule has 0 fully saturated rings. The fourth-order valence-corrected chi connectivity index (χ4v) is 5.62. The van der Waals surface area contributed by atoms with E-state index in [1.54, 1.807) is 37.4 Å². The zero-order valence-corrected chi connectivity index (χ0v) is 26.7. The highest BCUT2D eigenvalue weighted by Gasteiger charge is 2.38. The van der Waals surface area contributed by atoms with Crippen molar-refractivity contribution in [3.8, 4) is 5.75 Å². The minimum absolute atomic E-state index is 0.0955. The number of halogens is 5. The van der Waals surface area contributed by atoms with E-state index in [4.69, 9.17) is 14.6 Å². The first-order valence-corrected chi connectivity index (χ1v) is 17.5. The van der Waals surface area contributed by atoms with Crippen molar-refractivity contribution in [2.24, 2.45) is 0 Å². The molecule has 0 radical (unpaired) electrons. The van der Waals surface area contributed by atoms with Crippen LogP contribution in [0.3, 0.4) is 0 Å². The van der Waals surface area contributed by atoms with Crippen molar-refractivity contribution in [3.63, 3.8) is 0 Å². The monoisotopic (exact) mass is 660 g/mol. The molecule has 1 unspecified atom stereocenters. The van der Waals surface area contributed by atoms with Crippen LogP contribution in [0.1, 0.15) is 47.1 Å². The molecule has 0 saturated heterocycles. The molecule has 248 valence electrons. The molecule has 1 aromatic carbocycles. The van der Waals surface area contributed by atoms with E-state index in [-0.39, 0.29) is 30.2 Å². The second-order valence-corrected chi connectivity index (χ2v) is 17.6. The summed E-state index contributed by atoms with van der Waals surface area (Å²) in [5.41, 5.74) is 0.733. The van der Waals surface area contributed by atoms with E-state index in [9.17, 15) is 36.6 Å². The summed E-state index contributed by atoms with van der Waals surface area (Å²) in [5, 5.41) is 21.9. The van der Waals surface area contributed by atoms with Gasteiger partial charge in [0.05, 0.1) is 16.8 Å². The molecule has 0 bridgehead atoms. The minimum Gasteiger partial charge on any atom is -0.485 e. The molecular weight excluding hydrogens is 623 g/mol. The maximum atomic E-state index is 14.1. The van der Waals surface area contributed by atoms with Crippen LogP contribution < -0.4 is 15.4 Å². The number of aliphatic carboxylic acids is 1. The molecule has 1 atom stereocenters. The third kappa shape index (κ3) is 11.0. The van der Waals surface area contributed by atoms with Crippen molar-refractivity contribution in [1.82, 2.24) is 20.0 Å². The third-order valence-corrected chi connectivity index (χ3v) is 8.45. The molecule has 3 aromatic rings. The van der Waals surface area contributed by atoms with Gasteiger partial charge in [-0.1, -0.05) is 38.2 Å². The van der Waals surface area contributed by atoms with E-state index in [0.717, 1.165) is 30.2 Å². The van der Waals surface area contributed by atoms with Crippen LogP contribution in [0.15, 0.2) is 30.5 Å². The van der Waals surface area contributed by atoms with Crippen molar-refractivity contribution < 1.29 is 51.3 Å². The third-order valence-electron chi connectivity index (χ3n) is 6.59. The molecule has 45 heavy (non-hydrogen) atoms. The highest BCUT2D eigenvalue weighted by atomic mass is 28.3. The number of hydrogen-bond donors (Lipinski definition) is 4. The summed E-state index contributed by atoms with van der Waals surface area (Å²) in [4.78, 5) is 38.2. The van der Waals surface area contributed by atoms with Crippen LogP contribution in [0.25, 0.3) is 5.65 Å². The van der Waals surface area contributed by atoms with Crippen LogP contribution in [-0.2, 0) is 11.4 Å². The Labute approximate surface area is 257 Å². The molecular formula is C29H37F5N4O6Si. The van der Waals surface area contributed by atoms with Gasteiger partial charge in [-0.05, 0) is 51.0 Å². The normalized spacial score (nSPS) is 13.0. The first kappa shape index (κ1) is 37.0. The number of amides is 2. The lowest BCUT2D eigenvalue weighted by Crippen LogP contribution is -2.53. The topological polar surface area (TPSA) is 142 Å². The van der Waals surface area contributed by atoms with Gasteiger partial charge in [0, 0.05) is 20.8 Å². The number of rotatable bonds is 11. The van der Waals surface area contributed by atoms with Gasteiger partial charge in [0.25, 0.3) is 5.91 Å². The molecule has 4 N–H and O–H groups in total. The maximum Gasteiger partial charge on any atom is 0.490 e. The van der Waals surface area contributed by atoms with Crippen molar-refractivity contribution in [2.45, 2.75) is 77.6 Å². The number of hydrogen-bond acceptors (Lipinski definition) is 5. The first-order chi connectivity index (χ1) is 20.6. The number of nitrogens with one attached hydrogen (secondary N) is 2. The molecule has 0 aliphatic heterocycles. The average Bonchev–Trinajstić information content (AvgIpc) is 3.21. The lowest BCUT2D eigenvalue weighted by Gasteiger charge is -2.31. The van der Waals surface area contributed by atoms with Gasteiger partial charge in [-0.3, -0.25) is 9.20 Å². The summed E-state index contributed by atoms with van der Waals surface area (Å²) in [6.07, 6.45) is -3.08. The number of benzene rings is 1. The van der Waals surface area contributed by atoms with E-state index in [1.807, 2.05) is 0 Å². The Hall–Kier alpha value is -4.21. The Kier molecular flexibility index (Phi) is 12.1. The molecule has 0 spiro atoms. The second-order valence-electron chi connectivity index (χ2n) is 12.0. The summed E-state index contributed by atoms with van der Waals surface area (Å²) < 4.78 is 67.2. The summed E-state index contributed by atoms with van der Waals surface area (Å²) in [6, 6.07) is 6.34. The van der Waals surface area contributed by atoms with Crippen molar-refractivity contribution >= 4 is 31.7 Å². The molecule has 16 heteroatoms. The number of carbonyl (C=O) groups excluding carboxylic acids is 1. The number of aromatic nitrogens is 2. The van der Waals surface area contributed by atoms with Gasteiger partial charge in [0.2, 0.25) is 0 Å².